The first-order valence-electron chi connectivity index (χ1n) is 6.41. The molecule has 0 spiro atoms. The van der Waals surface area contributed by atoms with Crippen molar-refractivity contribution in [1.82, 2.24) is 4.31 Å². The Balaban J connectivity index is 2.23. The fraction of sp³-hybridized carbons (Fsp3) is 0.538. The number of aliphatic hydroxyl groups excluding tert-OH is 1. The molecule has 2 rings (SSSR count). The van der Waals surface area contributed by atoms with Gasteiger partial charge in [0.05, 0.1) is 4.90 Å². The lowest BCUT2D eigenvalue weighted by Crippen LogP contribution is -2.29. The van der Waals surface area contributed by atoms with E-state index in [-0.39, 0.29) is 17.4 Å². The Bertz CT molecular complexity index is 537. The summed E-state index contributed by atoms with van der Waals surface area (Å²) in [5.74, 6) is 0.252. The van der Waals surface area contributed by atoms with E-state index in [0.717, 1.165) is 12.0 Å². The molecule has 1 saturated heterocycles. The van der Waals surface area contributed by atoms with Gasteiger partial charge in [0.2, 0.25) is 10.0 Å². The third-order valence-corrected chi connectivity index (χ3v) is 5.34. The second-order valence-electron chi connectivity index (χ2n) is 5.11. The SMILES string of the molecule is Cc1cc(N)cc(S(=O)(=O)N2CCC(CCO)C2)c1. The fourth-order valence-corrected chi connectivity index (χ4v) is 4.18. The molecule has 0 aromatic heterocycles. The van der Waals surface area contributed by atoms with Gasteiger partial charge >= 0.3 is 0 Å². The lowest BCUT2D eigenvalue weighted by Gasteiger charge is -2.17. The average Bonchev–Trinajstić information content (AvgIpc) is 2.77. The number of nitrogens with two attached hydrogens (primary N) is 1. The summed E-state index contributed by atoms with van der Waals surface area (Å²) in [4.78, 5) is 0.259. The number of aliphatic hydroxyl groups is 1. The fourth-order valence-electron chi connectivity index (χ4n) is 2.51. The van der Waals surface area contributed by atoms with Crippen LogP contribution in [-0.4, -0.2) is 37.5 Å². The zero-order valence-electron chi connectivity index (χ0n) is 11.0. The Morgan fingerprint density at radius 2 is 2.16 bits per heavy atom. The number of nitrogens with zero attached hydrogens (tertiary/aromatic N) is 1. The molecule has 1 fully saturated rings. The Morgan fingerprint density at radius 1 is 1.42 bits per heavy atom. The lowest BCUT2D eigenvalue weighted by atomic mass is 10.1. The van der Waals surface area contributed by atoms with Crippen LogP contribution in [0.2, 0.25) is 0 Å². The Kier molecular flexibility index (Phi) is 4.13. The second kappa shape index (κ2) is 5.48. The van der Waals surface area contributed by atoms with Crippen molar-refractivity contribution in [2.75, 3.05) is 25.4 Å². The highest BCUT2D eigenvalue weighted by Crippen LogP contribution is 2.27. The first-order valence-corrected chi connectivity index (χ1v) is 7.85. The number of hydrogen-bond donors (Lipinski definition) is 2. The van der Waals surface area contributed by atoms with Crippen molar-refractivity contribution in [2.45, 2.75) is 24.7 Å². The van der Waals surface area contributed by atoms with Crippen molar-refractivity contribution in [3.63, 3.8) is 0 Å². The highest BCUT2D eigenvalue weighted by Gasteiger charge is 2.32. The number of hydrogen-bond acceptors (Lipinski definition) is 4. The van der Waals surface area contributed by atoms with Crippen LogP contribution in [0.5, 0.6) is 0 Å². The molecular weight excluding hydrogens is 264 g/mol. The quantitative estimate of drug-likeness (QED) is 0.807. The standard InChI is InChI=1S/C13H20N2O3S/c1-10-6-12(14)8-13(7-10)19(17,18)15-4-2-11(9-15)3-5-16/h6-8,11,16H,2-5,9,14H2,1H3. The molecule has 0 bridgehead atoms. The van der Waals surface area contributed by atoms with Crippen molar-refractivity contribution in [1.29, 1.82) is 0 Å². The zero-order valence-corrected chi connectivity index (χ0v) is 11.9. The number of benzene rings is 1. The predicted octanol–water partition coefficient (Wildman–Crippen LogP) is 0.970. The minimum Gasteiger partial charge on any atom is -0.399 e. The van der Waals surface area contributed by atoms with Crippen molar-refractivity contribution >= 4 is 15.7 Å². The first kappa shape index (κ1) is 14.3. The van der Waals surface area contributed by atoms with E-state index < -0.39 is 10.0 Å². The molecule has 1 aromatic rings. The topological polar surface area (TPSA) is 83.6 Å². The maximum Gasteiger partial charge on any atom is 0.243 e. The number of rotatable bonds is 4. The van der Waals surface area contributed by atoms with Crippen LogP contribution in [-0.2, 0) is 10.0 Å². The van der Waals surface area contributed by atoms with E-state index in [2.05, 4.69) is 0 Å². The van der Waals surface area contributed by atoms with Gasteiger partial charge in [-0.1, -0.05) is 0 Å². The molecule has 1 aromatic carbocycles. The van der Waals surface area contributed by atoms with E-state index in [1.165, 1.54) is 10.4 Å². The van der Waals surface area contributed by atoms with Crippen LogP contribution in [0.1, 0.15) is 18.4 Å². The van der Waals surface area contributed by atoms with Gasteiger partial charge in [0.1, 0.15) is 0 Å². The molecule has 1 unspecified atom stereocenters. The summed E-state index contributed by atoms with van der Waals surface area (Å²) in [6.07, 6.45) is 1.46. The Morgan fingerprint density at radius 3 is 2.79 bits per heavy atom. The minimum atomic E-state index is -3.46. The van der Waals surface area contributed by atoms with Crippen LogP contribution in [0.15, 0.2) is 23.1 Å². The van der Waals surface area contributed by atoms with Crippen molar-refractivity contribution in [3.8, 4) is 0 Å². The van der Waals surface area contributed by atoms with Gasteiger partial charge in [-0.25, -0.2) is 8.42 Å². The van der Waals surface area contributed by atoms with E-state index in [1.807, 2.05) is 6.92 Å². The van der Waals surface area contributed by atoms with E-state index in [4.69, 9.17) is 10.8 Å². The Labute approximate surface area is 114 Å². The van der Waals surface area contributed by atoms with Gasteiger partial charge in [0.25, 0.3) is 0 Å². The molecule has 6 heteroatoms. The molecule has 1 aliphatic heterocycles. The Hall–Kier alpha value is -1.11. The molecule has 1 atom stereocenters. The molecule has 3 N–H and O–H groups in total. The molecule has 0 saturated carbocycles. The molecule has 0 amide bonds. The summed E-state index contributed by atoms with van der Waals surface area (Å²) in [5, 5.41) is 8.92. The summed E-state index contributed by atoms with van der Waals surface area (Å²) in [6.45, 7) is 2.93. The van der Waals surface area contributed by atoms with E-state index >= 15 is 0 Å². The monoisotopic (exact) mass is 284 g/mol. The molecule has 1 aliphatic rings. The zero-order chi connectivity index (χ0) is 14.0. The van der Waals surface area contributed by atoms with Gasteiger partial charge in [-0.15, -0.1) is 0 Å². The number of anilines is 1. The summed E-state index contributed by atoms with van der Waals surface area (Å²) < 4.78 is 26.5. The number of nitrogen functional groups attached to an aromatic ring is 1. The maximum absolute atomic E-state index is 12.5. The van der Waals surface area contributed by atoms with Crippen LogP contribution >= 0.6 is 0 Å². The van der Waals surface area contributed by atoms with Gasteiger partial charge in [0, 0.05) is 25.4 Å². The van der Waals surface area contributed by atoms with Gasteiger partial charge in [0.15, 0.2) is 0 Å². The molecule has 1 heterocycles. The largest absolute Gasteiger partial charge is 0.399 e. The smallest absolute Gasteiger partial charge is 0.243 e. The third kappa shape index (κ3) is 3.08. The minimum absolute atomic E-state index is 0.107. The summed E-state index contributed by atoms with van der Waals surface area (Å²) in [6, 6.07) is 4.89. The van der Waals surface area contributed by atoms with E-state index in [1.54, 1.807) is 12.1 Å². The van der Waals surface area contributed by atoms with Crippen molar-refractivity contribution in [2.24, 2.45) is 5.92 Å². The maximum atomic E-state index is 12.5. The summed E-state index contributed by atoms with van der Waals surface area (Å²) >= 11 is 0. The lowest BCUT2D eigenvalue weighted by molar-refractivity contribution is 0.259. The molecule has 19 heavy (non-hydrogen) atoms. The molecule has 5 nitrogen and oxygen atoms in total. The van der Waals surface area contributed by atoms with Crippen LogP contribution in [0, 0.1) is 12.8 Å². The number of aryl methyl sites for hydroxylation is 1. The third-order valence-electron chi connectivity index (χ3n) is 3.50. The summed E-state index contributed by atoms with van der Waals surface area (Å²) in [5.41, 5.74) is 7.01. The highest BCUT2D eigenvalue weighted by atomic mass is 32.2. The van der Waals surface area contributed by atoms with Gasteiger partial charge in [-0.05, 0) is 49.4 Å². The van der Waals surface area contributed by atoms with Crippen molar-refractivity contribution < 1.29 is 13.5 Å². The predicted molar refractivity (Wildman–Crippen MR) is 74.2 cm³/mol. The van der Waals surface area contributed by atoms with Crippen LogP contribution in [0.3, 0.4) is 0 Å². The molecule has 106 valence electrons. The summed E-state index contributed by atoms with van der Waals surface area (Å²) in [7, 11) is -3.46. The van der Waals surface area contributed by atoms with Crippen molar-refractivity contribution in [3.05, 3.63) is 23.8 Å². The molecule has 0 aliphatic carbocycles. The average molecular weight is 284 g/mol. The normalized spacial score (nSPS) is 20.8. The second-order valence-corrected chi connectivity index (χ2v) is 7.05. The molecule has 0 radical (unpaired) electrons. The highest BCUT2D eigenvalue weighted by molar-refractivity contribution is 7.89. The van der Waals surface area contributed by atoms with Crippen LogP contribution < -0.4 is 5.73 Å². The van der Waals surface area contributed by atoms with Crippen LogP contribution in [0.25, 0.3) is 0 Å². The number of sulfonamides is 1. The van der Waals surface area contributed by atoms with E-state index in [0.29, 0.717) is 25.2 Å². The van der Waals surface area contributed by atoms with Gasteiger partial charge in [-0.3, -0.25) is 0 Å². The first-order chi connectivity index (χ1) is 8.93. The molecular formula is C13H20N2O3S. The van der Waals surface area contributed by atoms with Crippen LogP contribution in [0.4, 0.5) is 5.69 Å². The van der Waals surface area contributed by atoms with Gasteiger partial charge < -0.3 is 10.8 Å². The van der Waals surface area contributed by atoms with E-state index in [9.17, 15) is 8.42 Å². The van der Waals surface area contributed by atoms with Gasteiger partial charge in [-0.2, -0.15) is 4.31 Å².